The number of hydrogen-bond donors (Lipinski definition) is 2. The second kappa shape index (κ2) is 9.23. The molecular weight excluding hydrogens is 360 g/mol. The Morgan fingerprint density at radius 2 is 1.89 bits per heavy atom. The van der Waals surface area contributed by atoms with Crippen LogP contribution in [0.5, 0.6) is 5.75 Å². The van der Waals surface area contributed by atoms with Crippen LogP contribution in [0.4, 0.5) is 4.79 Å². The van der Waals surface area contributed by atoms with Crippen molar-refractivity contribution in [1.82, 2.24) is 10.2 Å². The van der Waals surface area contributed by atoms with E-state index in [1.807, 2.05) is 37.3 Å². The van der Waals surface area contributed by atoms with Crippen LogP contribution in [0.3, 0.4) is 0 Å². The molecule has 0 radical (unpaired) electrons. The maximum Gasteiger partial charge on any atom is 0.410 e. The fourth-order valence-corrected chi connectivity index (χ4v) is 2.92. The van der Waals surface area contributed by atoms with Gasteiger partial charge in [0.25, 0.3) is 5.91 Å². The molecule has 0 unspecified atom stereocenters. The van der Waals surface area contributed by atoms with E-state index in [0.717, 1.165) is 5.56 Å². The average molecular weight is 384 g/mol. The second-order valence-electron chi connectivity index (χ2n) is 6.75. The molecule has 2 N–H and O–H groups in total. The van der Waals surface area contributed by atoms with Crippen LogP contribution >= 0.6 is 0 Å². The number of aromatic hydroxyl groups is 1. The third-order valence-electron chi connectivity index (χ3n) is 4.56. The Hall–Kier alpha value is -3.06. The van der Waals surface area contributed by atoms with Gasteiger partial charge in [0.15, 0.2) is 0 Å². The Bertz CT molecular complexity index is 794. The summed E-state index contributed by atoms with van der Waals surface area (Å²) in [6.45, 7) is 3.10. The molecule has 1 heterocycles. The number of nitrogens with zero attached hydrogens (tertiary/aromatic N) is 1. The molecule has 7 heteroatoms. The summed E-state index contributed by atoms with van der Waals surface area (Å²) in [5.41, 5.74) is 1.37. The number of carbonyl (C=O) groups excluding carboxylic acids is 2. The lowest BCUT2D eigenvalue weighted by Gasteiger charge is -2.37. The number of phenolic OH excluding ortho intramolecular Hbond substituents is 1. The number of phenols is 1. The maximum atomic E-state index is 12.5. The van der Waals surface area contributed by atoms with Gasteiger partial charge in [-0.3, -0.25) is 4.79 Å². The zero-order valence-corrected chi connectivity index (χ0v) is 15.7. The van der Waals surface area contributed by atoms with Crippen molar-refractivity contribution in [2.45, 2.75) is 25.7 Å². The number of nitrogens with one attached hydrogen (secondary N) is 1. The predicted molar refractivity (Wildman–Crippen MR) is 103 cm³/mol. The number of rotatable bonds is 5. The van der Waals surface area contributed by atoms with Gasteiger partial charge in [0, 0.05) is 12.1 Å². The molecule has 1 fully saturated rings. The van der Waals surface area contributed by atoms with Crippen LogP contribution in [0.2, 0.25) is 0 Å². The zero-order chi connectivity index (χ0) is 19.9. The van der Waals surface area contributed by atoms with Crippen molar-refractivity contribution in [1.29, 1.82) is 0 Å². The highest BCUT2D eigenvalue weighted by Gasteiger charge is 2.31. The first-order chi connectivity index (χ1) is 13.5. The van der Waals surface area contributed by atoms with Gasteiger partial charge in [0.1, 0.15) is 12.4 Å². The summed E-state index contributed by atoms with van der Waals surface area (Å²) in [6, 6.07) is 15.4. The molecule has 0 bridgehead atoms. The normalized spacial score (nSPS) is 19.1. The van der Waals surface area contributed by atoms with Crippen molar-refractivity contribution >= 4 is 12.0 Å². The van der Waals surface area contributed by atoms with Gasteiger partial charge in [-0.2, -0.15) is 0 Å². The van der Waals surface area contributed by atoms with Crippen LogP contribution in [0.15, 0.2) is 54.6 Å². The summed E-state index contributed by atoms with van der Waals surface area (Å²) < 4.78 is 11.1. The van der Waals surface area contributed by atoms with Gasteiger partial charge < -0.3 is 24.8 Å². The first-order valence-electron chi connectivity index (χ1n) is 9.19. The highest BCUT2D eigenvalue weighted by atomic mass is 16.6. The molecule has 0 aromatic heterocycles. The standard InChI is InChI=1S/C21H24N2O5/c1-15-13-27-19(11-22-20(25)17-7-9-18(24)10-8-17)12-23(15)21(26)28-14-16-5-3-2-4-6-16/h2-10,15,19,24H,11-14H2,1H3,(H,22,25)/t15-,19-/m1/s1. The molecule has 0 saturated carbocycles. The average Bonchev–Trinajstić information content (AvgIpc) is 2.72. The quantitative estimate of drug-likeness (QED) is 0.827. The Kier molecular flexibility index (Phi) is 6.49. The molecule has 7 nitrogen and oxygen atoms in total. The summed E-state index contributed by atoms with van der Waals surface area (Å²) >= 11 is 0. The minimum absolute atomic E-state index is 0.103. The van der Waals surface area contributed by atoms with Gasteiger partial charge in [0.05, 0.1) is 25.3 Å². The summed E-state index contributed by atoms with van der Waals surface area (Å²) in [7, 11) is 0. The van der Waals surface area contributed by atoms with Crippen molar-refractivity contribution in [3.63, 3.8) is 0 Å². The maximum absolute atomic E-state index is 12.5. The van der Waals surface area contributed by atoms with Crippen LogP contribution in [0.1, 0.15) is 22.8 Å². The fourth-order valence-electron chi connectivity index (χ4n) is 2.92. The first kappa shape index (κ1) is 19.7. The van der Waals surface area contributed by atoms with E-state index in [4.69, 9.17) is 9.47 Å². The summed E-state index contributed by atoms with van der Waals surface area (Å²) in [6.07, 6.45) is -0.712. The number of ether oxygens (including phenoxy) is 2. The van der Waals surface area contributed by atoms with Crippen LogP contribution < -0.4 is 5.32 Å². The van der Waals surface area contributed by atoms with Crippen LogP contribution in [-0.4, -0.2) is 53.8 Å². The Labute approximate surface area is 163 Å². The third-order valence-corrected chi connectivity index (χ3v) is 4.56. The first-order valence-corrected chi connectivity index (χ1v) is 9.19. The molecule has 28 heavy (non-hydrogen) atoms. The topological polar surface area (TPSA) is 88.1 Å². The van der Waals surface area contributed by atoms with Crippen molar-refractivity contribution in [3.05, 3.63) is 65.7 Å². The summed E-state index contributed by atoms with van der Waals surface area (Å²) in [4.78, 5) is 26.3. The van der Waals surface area contributed by atoms with Crippen LogP contribution in [0.25, 0.3) is 0 Å². The molecule has 1 saturated heterocycles. The lowest BCUT2D eigenvalue weighted by atomic mass is 10.2. The Balaban J connectivity index is 1.49. The van der Waals surface area contributed by atoms with E-state index in [-0.39, 0.29) is 37.0 Å². The van der Waals surface area contributed by atoms with Gasteiger partial charge in [-0.05, 0) is 36.8 Å². The lowest BCUT2D eigenvalue weighted by Crippen LogP contribution is -2.53. The molecule has 148 valence electrons. The molecule has 2 amide bonds. The van der Waals surface area contributed by atoms with E-state index in [9.17, 15) is 14.7 Å². The number of hydrogen-bond acceptors (Lipinski definition) is 5. The monoisotopic (exact) mass is 384 g/mol. The predicted octanol–water partition coefficient (Wildman–Crippen LogP) is 2.55. The van der Waals surface area contributed by atoms with E-state index < -0.39 is 6.09 Å². The zero-order valence-electron chi connectivity index (χ0n) is 15.7. The Morgan fingerprint density at radius 3 is 2.61 bits per heavy atom. The molecular formula is C21H24N2O5. The molecule has 0 aliphatic carbocycles. The molecule has 2 aromatic rings. The van der Waals surface area contributed by atoms with Crippen molar-refractivity contribution in [3.8, 4) is 5.75 Å². The number of carbonyl (C=O) groups is 2. The molecule has 2 aromatic carbocycles. The minimum atomic E-state index is -0.394. The van der Waals surface area contributed by atoms with E-state index in [0.29, 0.717) is 18.7 Å². The minimum Gasteiger partial charge on any atom is -0.508 e. The number of amides is 2. The molecule has 3 rings (SSSR count). The highest BCUT2D eigenvalue weighted by Crippen LogP contribution is 2.14. The lowest BCUT2D eigenvalue weighted by molar-refractivity contribution is -0.0524. The second-order valence-corrected chi connectivity index (χ2v) is 6.75. The third kappa shape index (κ3) is 5.23. The van der Waals surface area contributed by atoms with Crippen molar-refractivity contribution in [2.75, 3.05) is 19.7 Å². The molecule has 0 spiro atoms. The van der Waals surface area contributed by atoms with E-state index in [2.05, 4.69) is 5.32 Å². The van der Waals surface area contributed by atoms with Gasteiger partial charge in [-0.25, -0.2) is 4.79 Å². The van der Waals surface area contributed by atoms with Gasteiger partial charge in [0.2, 0.25) is 0 Å². The SMILES string of the molecule is C[C@@H]1CO[C@H](CNC(=O)c2ccc(O)cc2)CN1C(=O)OCc1ccccc1. The van der Waals surface area contributed by atoms with E-state index in [1.54, 1.807) is 17.0 Å². The highest BCUT2D eigenvalue weighted by molar-refractivity contribution is 5.94. The van der Waals surface area contributed by atoms with Crippen LogP contribution in [-0.2, 0) is 16.1 Å². The van der Waals surface area contributed by atoms with Crippen molar-refractivity contribution < 1.29 is 24.2 Å². The van der Waals surface area contributed by atoms with Crippen LogP contribution in [0, 0.1) is 0 Å². The smallest absolute Gasteiger partial charge is 0.410 e. The number of benzene rings is 2. The van der Waals surface area contributed by atoms with Gasteiger partial charge in [-0.1, -0.05) is 30.3 Å². The molecule has 2 atom stereocenters. The Morgan fingerprint density at radius 1 is 1.18 bits per heavy atom. The molecule has 1 aliphatic rings. The summed E-state index contributed by atoms with van der Waals surface area (Å²) in [5.74, 6) is -0.161. The molecule has 1 aliphatic heterocycles. The number of morpholine rings is 1. The summed E-state index contributed by atoms with van der Waals surface area (Å²) in [5, 5.41) is 12.1. The van der Waals surface area contributed by atoms with Gasteiger partial charge >= 0.3 is 6.09 Å². The fraction of sp³-hybridized carbons (Fsp3) is 0.333. The van der Waals surface area contributed by atoms with E-state index in [1.165, 1.54) is 12.1 Å². The van der Waals surface area contributed by atoms with Gasteiger partial charge in [-0.15, -0.1) is 0 Å². The largest absolute Gasteiger partial charge is 0.508 e. The van der Waals surface area contributed by atoms with E-state index >= 15 is 0 Å². The van der Waals surface area contributed by atoms with Crippen molar-refractivity contribution in [2.24, 2.45) is 0 Å².